The molecule has 21 heavy (non-hydrogen) atoms. The predicted octanol–water partition coefficient (Wildman–Crippen LogP) is 2.52. The predicted molar refractivity (Wildman–Crippen MR) is 74.6 cm³/mol. The van der Waals surface area contributed by atoms with E-state index in [9.17, 15) is 9.90 Å². The van der Waals surface area contributed by atoms with Crippen molar-refractivity contribution < 1.29 is 14.4 Å². The van der Waals surface area contributed by atoms with Crippen molar-refractivity contribution in [3.05, 3.63) is 29.9 Å². The molecule has 0 radical (unpaired) electrons. The molecule has 1 N–H and O–H groups in total. The molecule has 1 aliphatic rings. The number of carboxylic acid groups (broad SMARTS) is 1. The maximum atomic E-state index is 11.2. The fourth-order valence-electron chi connectivity index (χ4n) is 2.96. The minimum absolute atomic E-state index is 0.219. The van der Waals surface area contributed by atoms with Crippen molar-refractivity contribution in [1.29, 1.82) is 0 Å². The normalized spacial score (nSPS) is 23.0. The van der Waals surface area contributed by atoms with Crippen molar-refractivity contribution in [1.82, 2.24) is 15.1 Å². The van der Waals surface area contributed by atoms with Crippen molar-refractivity contribution in [3.8, 4) is 11.4 Å². The van der Waals surface area contributed by atoms with Crippen LogP contribution in [0.4, 0.5) is 0 Å². The van der Waals surface area contributed by atoms with Crippen molar-refractivity contribution >= 4 is 5.97 Å². The van der Waals surface area contributed by atoms with E-state index in [1.165, 1.54) is 0 Å². The first-order chi connectivity index (χ1) is 9.96. The smallest absolute Gasteiger partial charge is 0.307 e. The molecule has 2 aromatic heterocycles. The zero-order valence-electron chi connectivity index (χ0n) is 12.2. The van der Waals surface area contributed by atoms with Crippen LogP contribution < -0.4 is 0 Å². The Balaban J connectivity index is 1.93. The van der Waals surface area contributed by atoms with Gasteiger partial charge < -0.3 is 9.63 Å². The maximum Gasteiger partial charge on any atom is 0.307 e. The monoisotopic (exact) mass is 287 g/mol. The summed E-state index contributed by atoms with van der Waals surface area (Å²) in [5.41, 5.74) is 1.57. The lowest BCUT2D eigenvalue weighted by Gasteiger charge is -2.01. The highest BCUT2D eigenvalue weighted by molar-refractivity contribution is 5.77. The molecule has 2 atom stereocenters. The summed E-state index contributed by atoms with van der Waals surface area (Å²) in [5.74, 6) is -0.600. The van der Waals surface area contributed by atoms with Crippen LogP contribution in [0.3, 0.4) is 0 Å². The Bertz CT molecular complexity index is 693. The lowest BCUT2D eigenvalue weighted by Crippen LogP contribution is -2.03. The summed E-state index contributed by atoms with van der Waals surface area (Å²) in [5, 5.41) is 13.2. The van der Waals surface area contributed by atoms with E-state index in [-0.39, 0.29) is 11.3 Å². The summed E-state index contributed by atoms with van der Waals surface area (Å²) in [7, 11) is 0. The molecule has 1 aliphatic carbocycles. The minimum Gasteiger partial charge on any atom is -0.481 e. The Hall–Kier alpha value is -2.24. The van der Waals surface area contributed by atoms with E-state index >= 15 is 0 Å². The summed E-state index contributed by atoms with van der Waals surface area (Å²) in [6.45, 7) is 5.85. The highest BCUT2D eigenvalue weighted by Gasteiger charge is 2.65. The summed E-state index contributed by atoms with van der Waals surface area (Å²) in [6.07, 6.45) is 4.29. The highest BCUT2D eigenvalue weighted by atomic mass is 16.5. The van der Waals surface area contributed by atoms with Gasteiger partial charge in [0.15, 0.2) is 0 Å². The summed E-state index contributed by atoms with van der Waals surface area (Å²) < 4.78 is 5.31. The zero-order valence-corrected chi connectivity index (χ0v) is 12.2. The lowest BCUT2D eigenvalue weighted by atomic mass is 10.1. The average Bonchev–Trinajstić information content (AvgIpc) is 2.84. The number of rotatable bonds is 4. The number of hydrogen-bond donors (Lipinski definition) is 1. The first-order valence-electron chi connectivity index (χ1n) is 6.96. The quantitative estimate of drug-likeness (QED) is 0.929. The summed E-state index contributed by atoms with van der Waals surface area (Å²) >= 11 is 0. The number of carbonyl (C=O) groups is 1. The first-order valence-corrected chi connectivity index (χ1v) is 6.96. The van der Waals surface area contributed by atoms with Gasteiger partial charge in [0.2, 0.25) is 11.7 Å². The molecular weight excluding hydrogens is 270 g/mol. The number of aryl methyl sites for hydroxylation is 1. The Morgan fingerprint density at radius 1 is 1.48 bits per heavy atom. The van der Waals surface area contributed by atoms with Crippen LogP contribution in [0.25, 0.3) is 11.4 Å². The molecule has 0 bridgehead atoms. The second-order valence-corrected chi connectivity index (χ2v) is 5.96. The molecule has 0 aliphatic heterocycles. The topological polar surface area (TPSA) is 89.1 Å². The molecule has 0 saturated heterocycles. The summed E-state index contributed by atoms with van der Waals surface area (Å²) in [4.78, 5) is 19.7. The van der Waals surface area contributed by atoms with Crippen molar-refractivity contribution in [2.24, 2.45) is 11.3 Å². The Labute approximate surface area is 122 Å². The van der Waals surface area contributed by atoms with E-state index in [2.05, 4.69) is 15.1 Å². The Morgan fingerprint density at radius 2 is 2.24 bits per heavy atom. The van der Waals surface area contributed by atoms with Gasteiger partial charge in [-0.15, -0.1) is 0 Å². The SMILES string of the molecule is CCc1cnccc1-c1noc(C2C(C(=O)O)C2(C)C)n1. The number of hydrogen-bond acceptors (Lipinski definition) is 5. The number of carboxylic acids is 1. The second kappa shape index (κ2) is 4.65. The van der Waals surface area contributed by atoms with Crippen LogP contribution in [0.15, 0.2) is 23.0 Å². The van der Waals surface area contributed by atoms with Crippen LogP contribution in [0.5, 0.6) is 0 Å². The molecule has 0 spiro atoms. The van der Waals surface area contributed by atoms with Gasteiger partial charge in [-0.1, -0.05) is 25.9 Å². The van der Waals surface area contributed by atoms with Crippen LogP contribution >= 0.6 is 0 Å². The largest absolute Gasteiger partial charge is 0.481 e. The fraction of sp³-hybridized carbons (Fsp3) is 0.467. The van der Waals surface area contributed by atoms with E-state index in [0.717, 1.165) is 17.5 Å². The van der Waals surface area contributed by atoms with Crippen LogP contribution in [0, 0.1) is 11.3 Å². The van der Waals surface area contributed by atoms with Gasteiger partial charge in [0, 0.05) is 18.0 Å². The maximum absolute atomic E-state index is 11.2. The van der Waals surface area contributed by atoms with Gasteiger partial charge in [0.1, 0.15) is 0 Å². The lowest BCUT2D eigenvalue weighted by molar-refractivity contribution is -0.139. The van der Waals surface area contributed by atoms with E-state index in [1.807, 2.05) is 26.8 Å². The molecule has 2 unspecified atom stereocenters. The third-order valence-corrected chi connectivity index (χ3v) is 4.33. The van der Waals surface area contributed by atoms with Gasteiger partial charge in [0.05, 0.1) is 11.8 Å². The summed E-state index contributed by atoms with van der Waals surface area (Å²) in [6, 6.07) is 1.85. The van der Waals surface area contributed by atoms with Gasteiger partial charge in [-0.3, -0.25) is 9.78 Å². The van der Waals surface area contributed by atoms with E-state index in [1.54, 1.807) is 12.4 Å². The molecule has 0 aromatic carbocycles. The van der Waals surface area contributed by atoms with Crippen LogP contribution in [0.1, 0.15) is 38.1 Å². The molecule has 3 rings (SSSR count). The third kappa shape index (κ3) is 2.11. The molecular formula is C15H17N3O3. The standard InChI is InChI=1S/C15H17N3O3/c1-4-8-7-16-6-5-9(8)12-17-13(21-18-12)10-11(14(19)20)15(10,2)3/h5-7,10-11H,4H2,1-3H3,(H,19,20). The number of nitrogens with zero attached hydrogens (tertiary/aromatic N) is 3. The third-order valence-electron chi connectivity index (χ3n) is 4.33. The zero-order chi connectivity index (χ0) is 15.2. The van der Waals surface area contributed by atoms with Crippen LogP contribution in [0.2, 0.25) is 0 Å². The highest BCUT2D eigenvalue weighted by Crippen LogP contribution is 2.64. The first kappa shape index (κ1) is 13.7. The van der Waals surface area contributed by atoms with Gasteiger partial charge in [-0.05, 0) is 23.5 Å². The van der Waals surface area contributed by atoms with Gasteiger partial charge >= 0.3 is 5.97 Å². The molecule has 6 nitrogen and oxygen atoms in total. The van der Waals surface area contributed by atoms with Crippen molar-refractivity contribution in [3.63, 3.8) is 0 Å². The van der Waals surface area contributed by atoms with Gasteiger partial charge in [-0.2, -0.15) is 4.98 Å². The number of aliphatic carboxylic acids is 1. The average molecular weight is 287 g/mol. The molecule has 1 fully saturated rings. The molecule has 2 heterocycles. The Kier molecular flexibility index (Phi) is 3.04. The van der Waals surface area contributed by atoms with E-state index in [4.69, 9.17) is 4.52 Å². The van der Waals surface area contributed by atoms with E-state index in [0.29, 0.717) is 11.7 Å². The molecule has 2 aromatic rings. The Morgan fingerprint density at radius 3 is 2.86 bits per heavy atom. The minimum atomic E-state index is -0.817. The molecule has 6 heteroatoms. The van der Waals surface area contributed by atoms with Crippen LogP contribution in [-0.2, 0) is 11.2 Å². The number of pyridine rings is 1. The second-order valence-electron chi connectivity index (χ2n) is 5.96. The van der Waals surface area contributed by atoms with Crippen molar-refractivity contribution in [2.45, 2.75) is 33.1 Å². The van der Waals surface area contributed by atoms with Crippen LogP contribution in [-0.4, -0.2) is 26.2 Å². The van der Waals surface area contributed by atoms with Gasteiger partial charge in [0.25, 0.3) is 0 Å². The van der Waals surface area contributed by atoms with Gasteiger partial charge in [-0.25, -0.2) is 0 Å². The van der Waals surface area contributed by atoms with Crippen molar-refractivity contribution in [2.75, 3.05) is 0 Å². The fourth-order valence-corrected chi connectivity index (χ4v) is 2.96. The van der Waals surface area contributed by atoms with E-state index < -0.39 is 11.9 Å². The number of aromatic nitrogens is 3. The molecule has 1 saturated carbocycles. The molecule has 110 valence electrons. The molecule has 0 amide bonds.